The molecule has 1 aromatic carbocycles. The van der Waals surface area contributed by atoms with Gasteiger partial charge in [0.05, 0.1) is 21.3 Å². The zero-order valence-corrected chi connectivity index (χ0v) is 16.4. The average molecular weight is 387 g/mol. The van der Waals surface area contributed by atoms with Gasteiger partial charge >= 0.3 is 0 Å². The van der Waals surface area contributed by atoms with Crippen LogP contribution in [-0.4, -0.2) is 40.1 Å². The number of piperidine rings is 1. The van der Waals surface area contributed by atoms with E-state index >= 15 is 0 Å². The maximum atomic E-state index is 12.6. The van der Waals surface area contributed by atoms with Gasteiger partial charge in [0.1, 0.15) is 0 Å². The second-order valence-corrected chi connectivity index (χ2v) is 8.91. The third kappa shape index (κ3) is 3.54. The Kier molecular flexibility index (Phi) is 5.07. The molecule has 1 aliphatic heterocycles. The lowest BCUT2D eigenvalue weighted by molar-refractivity contribution is -0.134. The van der Waals surface area contributed by atoms with Crippen molar-refractivity contribution < 1.29 is 9.90 Å². The number of aromatic nitrogens is 1. The fourth-order valence-corrected chi connectivity index (χ4v) is 5.72. The quantitative estimate of drug-likeness (QED) is 0.738. The smallest absolute Gasteiger partial charge is 0.223 e. The van der Waals surface area contributed by atoms with E-state index in [-0.39, 0.29) is 11.8 Å². The first-order valence-corrected chi connectivity index (χ1v) is 10.7. The molecule has 3 heterocycles. The highest BCUT2D eigenvalue weighted by molar-refractivity contribution is 7.18. The third-order valence-corrected chi connectivity index (χ3v) is 7.31. The number of rotatable bonds is 4. The Morgan fingerprint density at radius 2 is 2.19 bits per heavy atom. The molecule has 26 heavy (non-hydrogen) atoms. The molecule has 1 saturated heterocycles. The normalized spacial score (nSPS) is 20.6. The Balaban J connectivity index is 1.35. The van der Waals surface area contributed by atoms with E-state index in [0.29, 0.717) is 19.4 Å². The van der Waals surface area contributed by atoms with Gasteiger partial charge in [-0.05, 0) is 42.5 Å². The molecule has 6 heteroatoms. The van der Waals surface area contributed by atoms with E-state index in [4.69, 9.17) is 0 Å². The number of amides is 1. The molecule has 4 rings (SSSR count). The lowest BCUT2D eigenvalue weighted by atomic mass is 9.90. The SMILES string of the molecule is Cc1ccsc1C1CCN(C(=O)CCc2nc3ccccc3s2)CC1O. The molecule has 2 unspecified atom stereocenters. The Morgan fingerprint density at radius 1 is 1.35 bits per heavy atom. The number of benzene rings is 1. The van der Waals surface area contributed by atoms with Gasteiger partial charge in [0.25, 0.3) is 0 Å². The van der Waals surface area contributed by atoms with E-state index < -0.39 is 6.10 Å². The van der Waals surface area contributed by atoms with Gasteiger partial charge in [-0.1, -0.05) is 12.1 Å². The number of aliphatic hydroxyl groups is 1. The van der Waals surface area contributed by atoms with Gasteiger partial charge < -0.3 is 10.0 Å². The van der Waals surface area contributed by atoms with Gasteiger partial charge in [-0.15, -0.1) is 22.7 Å². The molecule has 0 aliphatic carbocycles. The number of para-hydroxylation sites is 1. The number of likely N-dealkylation sites (tertiary alicyclic amines) is 1. The minimum atomic E-state index is -0.479. The number of thiazole rings is 1. The van der Waals surface area contributed by atoms with Crippen LogP contribution in [0.4, 0.5) is 0 Å². The van der Waals surface area contributed by atoms with Crippen LogP contribution in [0.1, 0.15) is 34.2 Å². The number of thiophene rings is 1. The van der Waals surface area contributed by atoms with E-state index in [9.17, 15) is 9.90 Å². The molecule has 1 fully saturated rings. The first kappa shape index (κ1) is 17.6. The van der Waals surface area contributed by atoms with Crippen LogP contribution >= 0.6 is 22.7 Å². The maximum absolute atomic E-state index is 12.6. The number of aliphatic hydroxyl groups excluding tert-OH is 1. The highest BCUT2D eigenvalue weighted by Crippen LogP contribution is 2.34. The average Bonchev–Trinajstić information content (AvgIpc) is 3.25. The van der Waals surface area contributed by atoms with Gasteiger partial charge in [-0.2, -0.15) is 0 Å². The van der Waals surface area contributed by atoms with Crippen molar-refractivity contribution in [3.8, 4) is 0 Å². The van der Waals surface area contributed by atoms with Crippen molar-refractivity contribution in [3.05, 3.63) is 51.2 Å². The predicted octanol–water partition coefficient (Wildman–Crippen LogP) is 3.98. The number of nitrogens with zero attached hydrogens (tertiary/aromatic N) is 2. The Bertz CT molecular complexity index is 884. The fraction of sp³-hybridized carbons (Fsp3) is 0.400. The number of carbonyl (C=O) groups is 1. The van der Waals surface area contributed by atoms with Crippen LogP contribution in [-0.2, 0) is 11.2 Å². The summed E-state index contributed by atoms with van der Waals surface area (Å²) in [7, 11) is 0. The van der Waals surface area contributed by atoms with E-state index in [1.54, 1.807) is 22.7 Å². The Labute approximate surface area is 161 Å². The van der Waals surface area contributed by atoms with Crippen molar-refractivity contribution in [2.75, 3.05) is 13.1 Å². The van der Waals surface area contributed by atoms with Crippen molar-refractivity contribution in [1.82, 2.24) is 9.88 Å². The minimum Gasteiger partial charge on any atom is -0.391 e. The predicted molar refractivity (Wildman–Crippen MR) is 107 cm³/mol. The highest BCUT2D eigenvalue weighted by atomic mass is 32.1. The molecule has 1 amide bonds. The molecule has 2 atom stereocenters. The number of β-amino-alcohol motifs (C(OH)–C–C–N with tert-alkyl or cyclic N) is 1. The maximum Gasteiger partial charge on any atom is 0.223 e. The summed E-state index contributed by atoms with van der Waals surface area (Å²) in [6, 6.07) is 10.2. The number of carbonyl (C=O) groups excluding carboxylic acids is 1. The molecule has 2 aromatic heterocycles. The summed E-state index contributed by atoms with van der Waals surface area (Å²) in [5.41, 5.74) is 2.25. The molecule has 3 aromatic rings. The van der Waals surface area contributed by atoms with Crippen LogP contribution in [0.5, 0.6) is 0 Å². The molecule has 1 aliphatic rings. The molecule has 1 N–H and O–H groups in total. The van der Waals surface area contributed by atoms with Crippen LogP contribution in [0, 0.1) is 6.92 Å². The van der Waals surface area contributed by atoms with Crippen LogP contribution in [0.25, 0.3) is 10.2 Å². The first-order valence-electron chi connectivity index (χ1n) is 8.96. The summed E-state index contributed by atoms with van der Waals surface area (Å²) < 4.78 is 1.16. The van der Waals surface area contributed by atoms with Crippen molar-refractivity contribution in [3.63, 3.8) is 0 Å². The standard InChI is InChI=1S/C20H22N2O2S2/c1-13-9-11-25-20(13)14-8-10-22(12-16(14)23)19(24)7-6-18-21-15-4-2-3-5-17(15)26-18/h2-5,9,11,14,16,23H,6-8,10,12H2,1H3. The minimum absolute atomic E-state index is 0.115. The van der Waals surface area contributed by atoms with Crippen molar-refractivity contribution >= 4 is 38.8 Å². The number of hydrogen-bond acceptors (Lipinski definition) is 5. The van der Waals surface area contributed by atoms with Gasteiger partial charge in [0, 0.05) is 36.7 Å². The first-order chi connectivity index (χ1) is 12.6. The molecule has 136 valence electrons. The van der Waals surface area contributed by atoms with Gasteiger partial charge in [0.2, 0.25) is 5.91 Å². The summed E-state index contributed by atoms with van der Waals surface area (Å²) in [6.45, 7) is 3.24. The zero-order chi connectivity index (χ0) is 18.1. The highest BCUT2D eigenvalue weighted by Gasteiger charge is 2.32. The largest absolute Gasteiger partial charge is 0.391 e. The van der Waals surface area contributed by atoms with E-state index in [2.05, 4.69) is 29.4 Å². The molecule has 0 bridgehead atoms. The topological polar surface area (TPSA) is 53.4 Å². The summed E-state index contributed by atoms with van der Waals surface area (Å²) in [4.78, 5) is 20.3. The Hall–Kier alpha value is -1.76. The van der Waals surface area contributed by atoms with Crippen LogP contribution < -0.4 is 0 Å². The zero-order valence-electron chi connectivity index (χ0n) is 14.7. The molecular formula is C20H22N2O2S2. The molecule has 0 spiro atoms. The fourth-order valence-electron chi connectivity index (χ4n) is 3.63. The third-order valence-electron chi connectivity index (χ3n) is 5.06. The van der Waals surface area contributed by atoms with Crippen molar-refractivity contribution in [1.29, 1.82) is 0 Å². The summed E-state index contributed by atoms with van der Waals surface area (Å²) in [5, 5.41) is 13.6. The van der Waals surface area contributed by atoms with E-state index in [1.165, 1.54) is 10.4 Å². The van der Waals surface area contributed by atoms with Crippen LogP contribution in [0.15, 0.2) is 35.7 Å². The monoisotopic (exact) mass is 386 g/mol. The molecule has 0 radical (unpaired) electrons. The van der Waals surface area contributed by atoms with Crippen LogP contribution in [0.3, 0.4) is 0 Å². The Morgan fingerprint density at radius 3 is 2.92 bits per heavy atom. The van der Waals surface area contributed by atoms with Gasteiger partial charge in [0.15, 0.2) is 0 Å². The van der Waals surface area contributed by atoms with Gasteiger partial charge in [-0.25, -0.2) is 4.98 Å². The lowest BCUT2D eigenvalue weighted by Gasteiger charge is -2.36. The second-order valence-electron chi connectivity index (χ2n) is 6.85. The van der Waals surface area contributed by atoms with E-state index in [0.717, 1.165) is 28.2 Å². The summed E-state index contributed by atoms with van der Waals surface area (Å²) in [5.74, 6) is 0.271. The number of aryl methyl sites for hydroxylation is 2. The lowest BCUT2D eigenvalue weighted by Crippen LogP contribution is -2.45. The summed E-state index contributed by atoms with van der Waals surface area (Å²) >= 11 is 3.37. The number of hydrogen-bond donors (Lipinski definition) is 1. The molecular weight excluding hydrogens is 364 g/mol. The van der Waals surface area contributed by atoms with Crippen molar-refractivity contribution in [2.24, 2.45) is 0 Å². The molecule has 0 saturated carbocycles. The number of fused-ring (bicyclic) bond motifs is 1. The van der Waals surface area contributed by atoms with Gasteiger partial charge in [-0.3, -0.25) is 4.79 Å². The van der Waals surface area contributed by atoms with E-state index in [1.807, 2.05) is 23.1 Å². The molecule has 4 nitrogen and oxygen atoms in total. The van der Waals surface area contributed by atoms with Crippen molar-refractivity contribution in [2.45, 2.75) is 38.2 Å². The summed E-state index contributed by atoms with van der Waals surface area (Å²) in [6.07, 6.45) is 1.47. The second kappa shape index (κ2) is 7.47. The van der Waals surface area contributed by atoms with Crippen LogP contribution in [0.2, 0.25) is 0 Å².